The van der Waals surface area contributed by atoms with Gasteiger partial charge in [-0.3, -0.25) is 0 Å². The highest BCUT2D eigenvalue weighted by Gasteiger charge is 2.18. The fourth-order valence-electron chi connectivity index (χ4n) is 2.31. The van der Waals surface area contributed by atoms with Crippen LogP contribution in [-0.4, -0.2) is 35.1 Å². The molecule has 0 aliphatic rings. The zero-order chi connectivity index (χ0) is 14.5. The topological polar surface area (TPSA) is 59.3 Å². The average Bonchev–Trinajstić information content (AvgIpc) is 2.61. The second-order valence-electron chi connectivity index (χ2n) is 5.79. The van der Waals surface area contributed by atoms with Crippen LogP contribution in [0.1, 0.15) is 37.9 Å². The van der Waals surface area contributed by atoms with Gasteiger partial charge in [-0.2, -0.15) is 5.10 Å². The Morgan fingerprint density at radius 3 is 2.68 bits per heavy atom. The molecule has 19 heavy (non-hydrogen) atoms. The molecule has 0 radical (unpaired) electrons. The van der Waals surface area contributed by atoms with Crippen LogP contribution in [-0.2, 0) is 13.6 Å². The molecule has 1 aromatic heterocycles. The van der Waals surface area contributed by atoms with Gasteiger partial charge in [-0.15, -0.1) is 0 Å². The van der Waals surface area contributed by atoms with E-state index in [-0.39, 0.29) is 12.0 Å². The van der Waals surface area contributed by atoms with Crippen LogP contribution in [0.5, 0.6) is 5.88 Å². The molecule has 0 atom stereocenters. The highest BCUT2D eigenvalue weighted by atomic mass is 16.5. The Hall–Kier alpha value is -1.07. The van der Waals surface area contributed by atoms with Gasteiger partial charge in [0.2, 0.25) is 5.88 Å². The van der Waals surface area contributed by atoms with Crippen LogP contribution < -0.4 is 10.1 Å². The SMILES string of the molecule is COc1c(CNCC(C)(C)CCCO)c(C)nn1C. The molecule has 1 rings (SSSR count). The molecule has 2 N–H and O–H groups in total. The molecule has 5 heteroatoms. The van der Waals surface area contributed by atoms with Crippen molar-refractivity contribution in [3.63, 3.8) is 0 Å². The Morgan fingerprint density at radius 2 is 2.11 bits per heavy atom. The summed E-state index contributed by atoms with van der Waals surface area (Å²) in [6, 6.07) is 0. The van der Waals surface area contributed by atoms with Gasteiger partial charge in [0.1, 0.15) is 0 Å². The lowest BCUT2D eigenvalue weighted by molar-refractivity contribution is 0.236. The maximum Gasteiger partial charge on any atom is 0.216 e. The number of aliphatic hydroxyl groups is 1. The number of aliphatic hydroxyl groups excluding tert-OH is 1. The molecule has 0 saturated heterocycles. The number of ether oxygens (including phenoxy) is 1. The van der Waals surface area contributed by atoms with Crippen molar-refractivity contribution in [2.45, 2.75) is 40.2 Å². The minimum Gasteiger partial charge on any atom is -0.481 e. The molecule has 0 aliphatic heterocycles. The monoisotopic (exact) mass is 269 g/mol. The summed E-state index contributed by atoms with van der Waals surface area (Å²) in [6.45, 7) is 8.34. The third-order valence-corrected chi connectivity index (χ3v) is 3.40. The van der Waals surface area contributed by atoms with Gasteiger partial charge in [0.05, 0.1) is 18.4 Å². The van der Waals surface area contributed by atoms with Crippen molar-refractivity contribution in [2.75, 3.05) is 20.3 Å². The van der Waals surface area contributed by atoms with E-state index in [2.05, 4.69) is 24.3 Å². The molecule has 1 aromatic rings. The van der Waals surface area contributed by atoms with Gasteiger partial charge in [-0.05, 0) is 25.2 Å². The van der Waals surface area contributed by atoms with Gasteiger partial charge in [0.25, 0.3) is 0 Å². The Bertz CT molecular complexity index is 400. The van der Waals surface area contributed by atoms with E-state index in [0.717, 1.165) is 43.1 Å². The fraction of sp³-hybridized carbons (Fsp3) is 0.786. The van der Waals surface area contributed by atoms with Crippen LogP contribution in [0.3, 0.4) is 0 Å². The summed E-state index contributed by atoms with van der Waals surface area (Å²) >= 11 is 0. The van der Waals surface area contributed by atoms with Crippen molar-refractivity contribution in [3.05, 3.63) is 11.3 Å². The van der Waals surface area contributed by atoms with E-state index in [1.807, 2.05) is 14.0 Å². The minimum absolute atomic E-state index is 0.187. The first-order valence-corrected chi connectivity index (χ1v) is 6.79. The van der Waals surface area contributed by atoms with Crippen molar-refractivity contribution in [1.82, 2.24) is 15.1 Å². The number of aryl methyl sites for hydroxylation is 2. The van der Waals surface area contributed by atoms with Crippen molar-refractivity contribution in [3.8, 4) is 5.88 Å². The van der Waals surface area contributed by atoms with Crippen LogP contribution in [0.25, 0.3) is 0 Å². The van der Waals surface area contributed by atoms with Gasteiger partial charge < -0.3 is 15.2 Å². The standard InChI is InChI=1S/C14H27N3O2/c1-11-12(13(19-5)17(4)16-11)9-15-10-14(2,3)7-6-8-18/h15,18H,6-10H2,1-5H3. The number of hydrogen-bond donors (Lipinski definition) is 2. The quantitative estimate of drug-likeness (QED) is 0.753. The fourth-order valence-corrected chi connectivity index (χ4v) is 2.31. The number of nitrogens with one attached hydrogen (secondary N) is 1. The van der Waals surface area contributed by atoms with E-state index >= 15 is 0 Å². The maximum atomic E-state index is 8.89. The summed E-state index contributed by atoms with van der Waals surface area (Å²) in [5.74, 6) is 0.818. The van der Waals surface area contributed by atoms with E-state index in [1.54, 1.807) is 11.8 Å². The van der Waals surface area contributed by atoms with Crippen molar-refractivity contribution < 1.29 is 9.84 Å². The Kier molecular flexibility index (Phi) is 5.82. The molecule has 0 bridgehead atoms. The smallest absolute Gasteiger partial charge is 0.216 e. The average molecular weight is 269 g/mol. The van der Waals surface area contributed by atoms with Gasteiger partial charge in [-0.1, -0.05) is 13.8 Å². The molecule has 1 heterocycles. The molecule has 0 saturated carbocycles. The lowest BCUT2D eigenvalue weighted by Crippen LogP contribution is -2.29. The minimum atomic E-state index is 0.187. The first-order chi connectivity index (χ1) is 8.91. The van der Waals surface area contributed by atoms with Crippen molar-refractivity contribution >= 4 is 0 Å². The van der Waals surface area contributed by atoms with Gasteiger partial charge in [-0.25, -0.2) is 4.68 Å². The van der Waals surface area contributed by atoms with E-state index in [1.165, 1.54) is 0 Å². The number of nitrogens with zero attached hydrogens (tertiary/aromatic N) is 2. The van der Waals surface area contributed by atoms with E-state index in [9.17, 15) is 0 Å². The lowest BCUT2D eigenvalue weighted by atomic mass is 9.88. The zero-order valence-electron chi connectivity index (χ0n) is 12.8. The number of rotatable bonds is 8. The maximum absolute atomic E-state index is 8.89. The first-order valence-electron chi connectivity index (χ1n) is 6.79. The summed E-state index contributed by atoms with van der Waals surface area (Å²) in [6.07, 6.45) is 1.86. The Labute approximate surface area is 116 Å². The normalized spacial score (nSPS) is 11.9. The summed E-state index contributed by atoms with van der Waals surface area (Å²) in [5, 5.41) is 16.7. The third-order valence-electron chi connectivity index (χ3n) is 3.40. The van der Waals surface area contributed by atoms with E-state index in [4.69, 9.17) is 9.84 Å². The van der Waals surface area contributed by atoms with Crippen LogP contribution >= 0.6 is 0 Å². The molecule has 0 amide bonds. The summed E-state index contributed by atoms with van der Waals surface area (Å²) < 4.78 is 7.14. The van der Waals surface area contributed by atoms with Gasteiger partial charge >= 0.3 is 0 Å². The zero-order valence-corrected chi connectivity index (χ0v) is 12.8. The largest absolute Gasteiger partial charge is 0.481 e. The molecule has 0 unspecified atom stereocenters. The van der Waals surface area contributed by atoms with Crippen LogP contribution in [0, 0.1) is 12.3 Å². The molecule has 0 fully saturated rings. The molecule has 110 valence electrons. The first kappa shape index (κ1) is 16.0. The van der Waals surface area contributed by atoms with Crippen molar-refractivity contribution in [2.24, 2.45) is 12.5 Å². The number of aromatic nitrogens is 2. The third kappa shape index (κ3) is 4.51. The molecule has 0 aliphatic carbocycles. The molecule has 0 aromatic carbocycles. The predicted molar refractivity (Wildman–Crippen MR) is 76.3 cm³/mol. The summed E-state index contributed by atoms with van der Waals surface area (Å²) in [7, 11) is 3.56. The van der Waals surface area contributed by atoms with Gasteiger partial charge in [0.15, 0.2) is 0 Å². The molecular weight excluding hydrogens is 242 g/mol. The van der Waals surface area contributed by atoms with Crippen molar-refractivity contribution in [1.29, 1.82) is 0 Å². The van der Waals surface area contributed by atoms with Crippen LogP contribution in [0.4, 0.5) is 0 Å². The Balaban J connectivity index is 2.53. The highest BCUT2D eigenvalue weighted by Crippen LogP contribution is 2.23. The lowest BCUT2D eigenvalue weighted by Gasteiger charge is -2.24. The molecular formula is C14H27N3O2. The van der Waals surface area contributed by atoms with E-state index < -0.39 is 0 Å². The second-order valence-corrected chi connectivity index (χ2v) is 5.79. The molecule has 0 spiro atoms. The van der Waals surface area contributed by atoms with Gasteiger partial charge in [0, 0.05) is 26.7 Å². The predicted octanol–water partition coefficient (Wildman–Crippen LogP) is 1.63. The Morgan fingerprint density at radius 1 is 1.42 bits per heavy atom. The number of methoxy groups -OCH3 is 1. The molecule has 5 nitrogen and oxygen atoms in total. The number of hydrogen-bond acceptors (Lipinski definition) is 4. The van der Waals surface area contributed by atoms with E-state index in [0.29, 0.717) is 0 Å². The highest BCUT2D eigenvalue weighted by molar-refractivity contribution is 5.30. The van der Waals surface area contributed by atoms with Crippen LogP contribution in [0.15, 0.2) is 0 Å². The van der Waals surface area contributed by atoms with Crippen LogP contribution in [0.2, 0.25) is 0 Å². The summed E-state index contributed by atoms with van der Waals surface area (Å²) in [5.41, 5.74) is 2.30. The summed E-state index contributed by atoms with van der Waals surface area (Å²) in [4.78, 5) is 0. The second kappa shape index (κ2) is 6.91.